The summed E-state index contributed by atoms with van der Waals surface area (Å²) < 4.78 is 3.31. The summed E-state index contributed by atoms with van der Waals surface area (Å²) in [7, 11) is 0. The maximum Gasteiger partial charge on any atom is 0.265 e. The van der Waals surface area contributed by atoms with Crippen LogP contribution in [0.5, 0.6) is 0 Å². The summed E-state index contributed by atoms with van der Waals surface area (Å²) in [6.45, 7) is 2.82. The molecule has 32 heavy (non-hydrogen) atoms. The minimum atomic E-state index is -0.102. The third kappa shape index (κ3) is 3.66. The average molecular weight is 425 g/mol. The van der Waals surface area contributed by atoms with Crippen LogP contribution in [0.25, 0.3) is 33.2 Å². The van der Waals surface area contributed by atoms with Gasteiger partial charge in [-0.1, -0.05) is 68.7 Å². The lowest BCUT2D eigenvalue weighted by atomic mass is 10.2. The molecule has 0 atom stereocenters. The average Bonchev–Trinajstić information content (AvgIpc) is 3.14. The van der Waals surface area contributed by atoms with E-state index in [2.05, 4.69) is 17.0 Å². The van der Waals surface area contributed by atoms with Crippen molar-refractivity contribution in [1.82, 2.24) is 24.2 Å². The topological polar surface area (TPSA) is 78.0 Å². The van der Waals surface area contributed by atoms with Crippen molar-refractivity contribution in [2.45, 2.75) is 39.2 Å². The predicted molar refractivity (Wildman–Crippen MR) is 128 cm³/mol. The van der Waals surface area contributed by atoms with E-state index in [0.717, 1.165) is 42.3 Å². The molecule has 0 aliphatic carbocycles. The highest BCUT2D eigenvalue weighted by Gasteiger charge is 2.19. The number of benzene rings is 2. The third-order valence-electron chi connectivity index (χ3n) is 5.58. The first-order chi connectivity index (χ1) is 15.8. The lowest BCUT2D eigenvalue weighted by molar-refractivity contribution is 0.567. The van der Waals surface area contributed by atoms with Crippen LogP contribution in [0.3, 0.4) is 0 Å². The number of rotatable bonds is 7. The van der Waals surface area contributed by atoms with E-state index >= 15 is 0 Å². The summed E-state index contributed by atoms with van der Waals surface area (Å²) in [5.74, 6) is 0. The van der Waals surface area contributed by atoms with Crippen molar-refractivity contribution in [3.63, 3.8) is 0 Å². The van der Waals surface area contributed by atoms with Crippen molar-refractivity contribution in [2.24, 2.45) is 5.10 Å². The van der Waals surface area contributed by atoms with E-state index in [1.807, 2.05) is 54.6 Å². The normalized spacial score (nSPS) is 11.9. The Hall–Kier alpha value is -3.87. The minimum Gasteiger partial charge on any atom is -0.299 e. The molecule has 2 aromatic carbocycles. The molecule has 0 amide bonds. The zero-order valence-electron chi connectivity index (χ0n) is 18.0. The van der Waals surface area contributed by atoms with Crippen LogP contribution < -0.4 is 5.56 Å². The summed E-state index contributed by atoms with van der Waals surface area (Å²) in [5, 5.41) is 5.10. The second-order valence-corrected chi connectivity index (χ2v) is 7.85. The van der Waals surface area contributed by atoms with E-state index in [-0.39, 0.29) is 5.56 Å². The van der Waals surface area contributed by atoms with E-state index in [1.165, 1.54) is 0 Å². The number of aryl methyl sites for hydroxylation is 1. The monoisotopic (exact) mass is 424 g/mol. The second kappa shape index (κ2) is 8.70. The molecular weight excluding hydrogens is 400 g/mol. The molecule has 0 bridgehead atoms. The van der Waals surface area contributed by atoms with E-state index in [1.54, 1.807) is 21.8 Å². The summed E-state index contributed by atoms with van der Waals surface area (Å²) in [5.41, 5.74) is 3.86. The zero-order valence-corrected chi connectivity index (χ0v) is 18.0. The molecule has 0 fully saturated rings. The Morgan fingerprint density at radius 2 is 1.66 bits per heavy atom. The highest BCUT2D eigenvalue weighted by molar-refractivity contribution is 6.04. The Kier molecular flexibility index (Phi) is 5.46. The first kappa shape index (κ1) is 20.1. The van der Waals surface area contributed by atoms with E-state index in [0.29, 0.717) is 28.7 Å². The number of hydrogen-bond acceptors (Lipinski definition) is 5. The third-order valence-corrected chi connectivity index (χ3v) is 5.58. The van der Waals surface area contributed by atoms with Crippen LogP contribution >= 0.6 is 0 Å². The molecule has 5 aromatic rings. The number of fused-ring (bicyclic) bond motifs is 4. The number of aromatic nitrogens is 5. The van der Waals surface area contributed by atoms with Gasteiger partial charge in [-0.25, -0.2) is 15.0 Å². The Morgan fingerprint density at radius 3 is 2.44 bits per heavy atom. The van der Waals surface area contributed by atoms with Crippen molar-refractivity contribution in [1.29, 1.82) is 0 Å². The van der Waals surface area contributed by atoms with E-state index in [4.69, 9.17) is 9.97 Å². The largest absolute Gasteiger partial charge is 0.299 e. The second-order valence-electron chi connectivity index (χ2n) is 7.85. The Labute approximate surface area is 185 Å². The molecule has 0 saturated heterocycles. The van der Waals surface area contributed by atoms with Gasteiger partial charge in [0.25, 0.3) is 5.56 Å². The molecule has 0 N–H and O–H groups in total. The van der Waals surface area contributed by atoms with Crippen LogP contribution in [-0.4, -0.2) is 30.4 Å². The number of nitrogens with zero attached hydrogens (tertiary/aromatic N) is 6. The van der Waals surface area contributed by atoms with Crippen molar-refractivity contribution in [3.05, 3.63) is 76.8 Å². The molecule has 0 unspecified atom stereocenters. The highest BCUT2D eigenvalue weighted by atomic mass is 16.1. The van der Waals surface area contributed by atoms with Crippen LogP contribution in [-0.2, 0) is 6.54 Å². The van der Waals surface area contributed by atoms with Crippen LogP contribution in [0.2, 0.25) is 0 Å². The molecule has 3 heterocycles. The minimum absolute atomic E-state index is 0.102. The van der Waals surface area contributed by atoms with Gasteiger partial charge in [0.15, 0.2) is 11.3 Å². The summed E-state index contributed by atoms with van der Waals surface area (Å²) >= 11 is 0. The smallest absolute Gasteiger partial charge is 0.265 e. The van der Waals surface area contributed by atoms with Gasteiger partial charge in [-0.2, -0.15) is 9.78 Å². The maximum absolute atomic E-state index is 13.4. The van der Waals surface area contributed by atoms with Gasteiger partial charge < -0.3 is 0 Å². The molecule has 0 spiro atoms. The zero-order chi connectivity index (χ0) is 21.9. The standard InChI is InChI=1S/C25H24N6O/c1-2-3-4-10-15-30-17-26-23-21(25(30)32)22-24(29-20-14-9-8-13-19(20)28-22)31(23)27-16-18-11-6-5-7-12-18/h5-9,11-14,16-17H,2-4,10,15H2,1H3/b27-16-. The van der Waals surface area contributed by atoms with Crippen LogP contribution in [0.4, 0.5) is 0 Å². The molecule has 0 saturated carbocycles. The molecular formula is C25H24N6O. The van der Waals surface area contributed by atoms with Gasteiger partial charge in [-0.3, -0.25) is 9.36 Å². The molecule has 5 rings (SSSR count). The van der Waals surface area contributed by atoms with Gasteiger partial charge in [0.2, 0.25) is 0 Å². The fourth-order valence-corrected chi connectivity index (χ4v) is 3.90. The first-order valence-corrected chi connectivity index (χ1v) is 11.0. The molecule has 7 nitrogen and oxygen atoms in total. The SMILES string of the molecule is CCCCCCn1cnc2c(c1=O)c1nc3ccccc3nc1n2/N=C\c1ccccc1. The van der Waals surface area contributed by atoms with Gasteiger partial charge in [0.1, 0.15) is 10.9 Å². The van der Waals surface area contributed by atoms with Gasteiger partial charge in [0, 0.05) is 6.54 Å². The molecule has 0 radical (unpaired) electrons. The number of para-hydroxylation sites is 2. The van der Waals surface area contributed by atoms with Crippen molar-refractivity contribution in [2.75, 3.05) is 0 Å². The Morgan fingerprint density at radius 1 is 0.906 bits per heavy atom. The van der Waals surface area contributed by atoms with Gasteiger partial charge in [0.05, 0.1) is 23.6 Å². The highest BCUT2D eigenvalue weighted by Crippen LogP contribution is 2.24. The van der Waals surface area contributed by atoms with E-state index < -0.39 is 0 Å². The fraction of sp³-hybridized carbons (Fsp3) is 0.240. The van der Waals surface area contributed by atoms with Crippen molar-refractivity contribution in [3.8, 4) is 0 Å². The summed E-state index contributed by atoms with van der Waals surface area (Å²) in [6.07, 6.45) is 7.71. The van der Waals surface area contributed by atoms with Crippen LogP contribution in [0.1, 0.15) is 38.2 Å². The lowest BCUT2D eigenvalue weighted by Gasteiger charge is -2.05. The van der Waals surface area contributed by atoms with Crippen molar-refractivity contribution >= 4 is 39.4 Å². The van der Waals surface area contributed by atoms with Gasteiger partial charge >= 0.3 is 0 Å². The van der Waals surface area contributed by atoms with Crippen molar-refractivity contribution < 1.29 is 0 Å². The number of hydrogen-bond donors (Lipinski definition) is 0. The Bertz CT molecular complexity index is 1480. The van der Waals surface area contributed by atoms with Crippen LogP contribution in [0.15, 0.2) is 70.8 Å². The molecule has 7 heteroatoms. The summed E-state index contributed by atoms with van der Waals surface area (Å²) in [6, 6.07) is 17.4. The predicted octanol–water partition coefficient (Wildman–Crippen LogP) is 4.76. The lowest BCUT2D eigenvalue weighted by Crippen LogP contribution is -2.20. The molecule has 0 aliphatic rings. The van der Waals surface area contributed by atoms with Crippen LogP contribution in [0, 0.1) is 0 Å². The first-order valence-electron chi connectivity index (χ1n) is 11.0. The molecule has 3 aromatic heterocycles. The van der Waals surface area contributed by atoms with Gasteiger partial charge in [-0.05, 0) is 24.1 Å². The quantitative estimate of drug-likeness (QED) is 0.279. The Balaban J connectivity index is 1.71. The molecule has 160 valence electrons. The number of unbranched alkanes of at least 4 members (excludes halogenated alkanes) is 3. The fourth-order valence-electron chi connectivity index (χ4n) is 3.90. The summed E-state index contributed by atoms with van der Waals surface area (Å²) in [4.78, 5) is 27.6. The van der Waals surface area contributed by atoms with E-state index in [9.17, 15) is 4.79 Å². The molecule has 0 aliphatic heterocycles. The van der Waals surface area contributed by atoms with Gasteiger partial charge in [-0.15, -0.1) is 0 Å². The maximum atomic E-state index is 13.4.